The first-order valence-corrected chi connectivity index (χ1v) is 10.1. The van der Waals surface area contributed by atoms with Gasteiger partial charge in [-0.1, -0.05) is 6.92 Å². The first-order chi connectivity index (χ1) is 13.3. The Morgan fingerprint density at radius 2 is 1.74 bits per heavy atom. The van der Waals surface area contributed by atoms with Crippen LogP contribution in [0.15, 0.2) is 24.5 Å². The summed E-state index contributed by atoms with van der Waals surface area (Å²) >= 11 is 0. The molecule has 2 aromatic heterocycles. The molecule has 27 heavy (non-hydrogen) atoms. The number of hydrogen-bond donors (Lipinski definition) is 0. The van der Waals surface area contributed by atoms with Crippen LogP contribution in [0.3, 0.4) is 0 Å². The van der Waals surface area contributed by atoms with Gasteiger partial charge in [0.2, 0.25) is 5.95 Å². The topological polar surface area (TPSA) is 61.3 Å². The number of aromatic nitrogens is 4. The Morgan fingerprint density at radius 1 is 0.963 bits per heavy atom. The zero-order valence-electron chi connectivity index (χ0n) is 16.0. The summed E-state index contributed by atoms with van der Waals surface area (Å²) in [4.78, 5) is 16.0. The Balaban J connectivity index is 1.16. The predicted octanol–water partition coefficient (Wildman–Crippen LogP) is 1.40. The molecule has 4 heterocycles. The molecule has 2 aliphatic heterocycles. The second-order valence-corrected chi connectivity index (χ2v) is 8.15. The van der Waals surface area contributed by atoms with Crippen LogP contribution in [-0.4, -0.2) is 70.4 Å². The smallest absolute Gasteiger partial charge is 0.225 e. The van der Waals surface area contributed by atoms with E-state index in [2.05, 4.69) is 47.9 Å². The lowest BCUT2D eigenvalue weighted by Gasteiger charge is -2.48. The molecule has 0 spiro atoms. The third-order valence-electron chi connectivity index (χ3n) is 6.24. The number of hydrogen-bond acceptors (Lipinski definition) is 7. The fourth-order valence-corrected chi connectivity index (χ4v) is 4.46. The van der Waals surface area contributed by atoms with Gasteiger partial charge < -0.3 is 9.80 Å². The molecule has 2 aromatic rings. The average Bonchev–Trinajstić information content (AvgIpc) is 2.68. The maximum absolute atomic E-state index is 4.51. The monoisotopic (exact) mass is 365 g/mol. The molecule has 1 atom stereocenters. The van der Waals surface area contributed by atoms with Gasteiger partial charge in [-0.3, -0.25) is 4.90 Å². The highest BCUT2D eigenvalue weighted by Gasteiger charge is 2.35. The zero-order chi connectivity index (χ0) is 18.2. The summed E-state index contributed by atoms with van der Waals surface area (Å²) in [6.45, 7) is 8.60. The van der Waals surface area contributed by atoms with Crippen molar-refractivity contribution in [2.45, 2.75) is 32.2 Å². The van der Waals surface area contributed by atoms with E-state index in [0.29, 0.717) is 6.04 Å². The van der Waals surface area contributed by atoms with Gasteiger partial charge in [-0.05, 0) is 42.9 Å². The van der Waals surface area contributed by atoms with Crippen molar-refractivity contribution in [2.24, 2.45) is 5.92 Å². The molecule has 2 fully saturated rings. The van der Waals surface area contributed by atoms with E-state index < -0.39 is 0 Å². The number of fused-ring (bicyclic) bond motifs is 1. The summed E-state index contributed by atoms with van der Waals surface area (Å²) in [5, 5.41) is 9.01. The van der Waals surface area contributed by atoms with E-state index in [0.717, 1.165) is 69.8 Å². The fraction of sp³-hybridized carbons (Fsp3) is 0.600. The summed E-state index contributed by atoms with van der Waals surface area (Å²) in [7, 11) is 0. The normalized spacial score (nSPS) is 23.8. The predicted molar refractivity (Wildman–Crippen MR) is 105 cm³/mol. The van der Waals surface area contributed by atoms with E-state index in [1.807, 2.05) is 18.5 Å². The van der Waals surface area contributed by atoms with Gasteiger partial charge >= 0.3 is 0 Å². The van der Waals surface area contributed by atoms with Gasteiger partial charge in [-0.15, -0.1) is 5.10 Å². The molecule has 0 N–H and O–H groups in total. The van der Waals surface area contributed by atoms with Crippen molar-refractivity contribution in [3.05, 3.63) is 35.8 Å². The summed E-state index contributed by atoms with van der Waals surface area (Å²) in [6, 6.07) is 4.78. The lowest BCUT2D eigenvalue weighted by Crippen LogP contribution is -2.63. The highest BCUT2D eigenvalue weighted by atomic mass is 15.4. The lowest BCUT2D eigenvalue weighted by molar-refractivity contribution is 0.156. The van der Waals surface area contributed by atoms with Crippen LogP contribution in [0.5, 0.6) is 0 Å². The Labute approximate surface area is 160 Å². The minimum atomic E-state index is 0.626. The number of anilines is 2. The number of rotatable bonds is 3. The molecule has 0 radical (unpaired) electrons. The van der Waals surface area contributed by atoms with E-state index in [-0.39, 0.29) is 0 Å². The van der Waals surface area contributed by atoms with Gasteiger partial charge in [0.05, 0.1) is 5.69 Å². The van der Waals surface area contributed by atoms with Crippen LogP contribution in [0, 0.1) is 5.92 Å². The first-order valence-electron chi connectivity index (χ1n) is 10.1. The third kappa shape index (κ3) is 3.36. The van der Waals surface area contributed by atoms with Crippen molar-refractivity contribution in [1.29, 1.82) is 0 Å². The molecule has 5 rings (SSSR count). The van der Waals surface area contributed by atoms with Gasteiger partial charge in [0.15, 0.2) is 5.82 Å². The Kier molecular flexibility index (Phi) is 4.39. The summed E-state index contributed by atoms with van der Waals surface area (Å²) in [5.74, 6) is 2.69. The van der Waals surface area contributed by atoms with Crippen LogP contribution >= 0.6 is 0 Å². The molecule has 0 bridgehead atoms. The van der Waals surface area contributed by atoms with Crippen LogP contribution in [0.2, 0.25) is 0 Å². The highest BCUT2D eigenvalue weighted by molar-refractivity contribution is 5.45. The van der Waals surface area contributed by atoms with Gasteiger partial charge in [0.25, 0.3) is 0 Å². The van der Waals surface area contributed by atoms with Crippen LogP contribution in [0.1, 0.15) is 24.6 Å². The molecule has 3 aliphatic rings. The van der Waals surface area contributed by atoms with Crippen LogP contribution in [-0.2, 0) is 12.8 Å². The fourth-order valence-electron chi connectivity index (χ4n) is 4.46. The molecule has 0 saturated carbocycles. The maximum Gasteiger partial charge on any atom is 0.225 e. The summed E-state index contributed by atoms with van der Waals surface area (Å²) < 4.78 is 0. The van der Waals surface area contributed by atoms with Gasteiger partial charge in [0, 0.05) is 57.7 Å². The Hall–Kier alpha value is -2.28. The van der Waals surface area contributed by atoms with Crippen molar-refractivity contribution in [3.63, 3.8) is 0 Å². The molecule has 0 amide bonds. The molecule has 1 aliphatic carbocycles. The second kappa shape index (κ2) is 7.03. The van der Waals surface area contributed by atoms with Gasteiger partial charge in [-0.2, -0.15) is 5.10 Å². The lowest BCUT2D eigenvalue weighted by atomic mass is 9.88. The van der Waals surface area contributed by atoms with E-state index >= 15 is 0 Å². The van der Waals surface area contributed by atoms with Crippen molar-refractivity contribution in [3.8, 4) is 0 Å². The number of piperazine rings is 1. The molecule has 142 valence electrons. The quantitative estimate of drug-likeness (QED) is 0.815. The summed E-state index contributed by atoms with van der Waals surface area (Å²) in [5.41, 5.74) is 2.63. The maximum atomic E-state index is 4.51. The molecule has 7 heteroatoms. The van der Waals surface area contributed by atoms with Crippen LogP contribution in [0.4, 0.5) is 11.8 Å². The molecule has 2 saturated heterocycles. The largest absolute Gasteiger partial charge is 0.352 e. The zero-order valence-corrected chi connectivity index (χ0v) is 16.0. The van der Waals surface area contributed by atoms with Crippen molar-refractivity contribution < 1.29 is 0 Å². The highest BCUT2D eigenvalue weighted by Crippen LogP contribution is 2.28. The first kappa shape index (κ1) is 16.9. The van der Waals surface area contributed by atoms with Crippen LogP contribution in [0.25, 0.3) is 0 Å². The van der Waals surface area contributed by atoms with Crippen LogP contribution < -0.4 is 9.80 Å². The molecular formula is C20H27N7. The van der Waals surface area contributed by atoms with Crippen molar-refractivity contribution in [2.75, 3.05) is 49.1 Å². The van der Waals surface area contributed by atoms with Gasteiger partial charge in [-0.25, -0.2) is 9.97 Å². The third-order valence-corrected chi connectivity index (χ3v) is 6.24. The Bertz CT molecular complexity index is 782. The van der Waals surface area contributed by atoms with E-state index in [9.17, 15) is 0 Å². The van der Waals surface area contributed by atoms with Crippen molar-refractivity contribution >= 4 is 11.8 Å². The number of aryl methyl sites for hydroxylation is 1. The molecule has 7 nitrogen and oxygen atoms in total. The van der Waals surface area contributed by atoms with E-state index in [1.54, 1.807) is 0 Å². The SMILES string of the molecule is CC1CCc2nnc(N3CC(N4CCN(c5ncccn5)CC4)C3)cc2C1. The molecular weight excluding hydrogens is 338 g/mol. The Morgan fingerprint density at radius 3 is 2.52 bits per heavy atom. The minimum absolute atomic E-state index is 0.626. The second-order valence-electron chi connectivity index (χ2n) is 8.15. The van der Waals surface area contributed by atoms with Gasteiger partial charge in [0.1, 0.15) is 0 Å². The average molecular weight is 365 g/mol. The van der Waals surface area contributed by atoms with E-state index in [4.69, 9.17) is 0 Å². The minimum Gasteiger partial charge on any atom is -0.352 e. The number of nitrogens with zero attached hydrogens (tertiary/aromatic N) is 7. The van der Waals surface area contributed by atoms with E-state index in [1.165, 1.54) is 17.7 Å². The molecule has 1 unspecified atom stereocenters. The summed E-state index contributed by atoms with van der Waals surface area (Å²) in [6.07, 6.45) is 7.12. The molecule has 0 aromatic carbocycles. The standard InChI is InChI=1S/C20H27N7/c1-15-3-4-18-16(11-15)12-19(24-23-18)27-13-17(14-27)25-7-9-26(10-8-25)20-21-5-2-6-22-20/h2,5-6,12,15,17H,3-4,7-11,13-14H2,1H3. The van der Waals surface area contributed by atoms with Crippen molar-refractivity contribution in [1.82, 2.24) is 25.1 Å².